The Hall–Kier alpha value is -1.37. The minimum absolute atomic E-state index is 0.721. The fourth-order valence-corrected chi connectivity index (χ4v) is 1.63. The third-order valence-electron chi connectivity index (χ3n) is 1.58. The molecule has 0 bridgehead atoms. The topological polar surface area (TPSA) is 69.4 Å². The first kappa shape index (κ1) is 8.24. The Morgan fingerprint density at radius 1 is 1.46 bits per heavy atom. The standard InChI is InChI=1S/C6H8N6S/c1-3-5-7-6(13-9-5)12-4(2)8-10-11-12/h3H2,1-2H3. The van der Waals surface area contributed by atoms with E-state index in [1.54, 1.807) is 4.68 Å². The lowest BCUT2D eigenvalue weighted by Crippen LogP contribution is -1.98. The third kappa shape index (κ3) is 1.42. The van der Waals surface area contributed by atoms with Gasteiger partial charge >= 0.3 is 0 Å². The molecule has 0 unspecified atom stereocenters. The number of hydrogen-bond donors (Lipinski definition) is 0. The zero-order chi connectivity index (χ0) is 9.26. The van der Waals surface area contributed by atoms with Gasteiger partial charge in [-0.05, 0) is 17.4 Å². The largest absolute Gasteiger partial charge is 0.233 e. The molecule has 68 valence electrons. The molecule has 0 aliphatic heterocycles. The Kier molecular flexibility index (Phi) is 2.01. The highest BCUT2D eigenvalue weighted by Gasteiger charge is 2.08. The lowest BCUT2D eigenvalue weighted by molar-refractivity contribution is 0.769. The molecule has 0 spiro atoms. The second kappa shape index (κ2) is 3.17. The van der Waals surface area contributed by atoms with Crippen molar-refractivity contribution in [3.05, 3.63) is 11.6 Å². The van der Waals surface area contributed by atoms with E-state index in [9.17, 15) is 0 Å². The average Bonchev–Trinajstić information content (AvgIpc) is 2.71. The highest BCUT2D eigenvalue weighted by Crippen LogP contribution is 2.10. The van der Waals surface area contributed by atoms with E-state index >= 15 is 0 Å². The molecular formula is C6H8N6S. The maximum atomic E-state index is 4.26. The maximum Gasteiger partial charge on any atom is 0.233 e. The van der Waals surface area contributed by atoms with E-state index in [0.717, 1.165) is 23.2 Å². The second-order valence-corrected chi connectivity index (χ2v) is 3.21. The Morgan fingerprint density at radius 2 is 2.31 bits per heavy atom. The lowest BCUT2D eigenvalue weighted by Gasteiger charge is -1.91. The van der Waals surface area contributed by atoms with Crippen LogP contribution >= 0.6 is 11.5 Å². The Bertz CT molecular complexity index is 405. The first-order valence-electron chi connectivity index (χ1n) is 3.89. The van der Waals surface area contributed by atoms with Crippen LogP contribution in [-0.2, 0) is 6.42 Å². The zero-order valence-electron chi connectivity index (χ0n) is 7.30. The van der Waals surface area contributed by atoms with Crippen molar-refractivity contribution in [3.8, 4) is 5.13 Å². The van der Waals surface area contributed by atoms with Crippen LogP contribution in [0, 0.1) is 6.92 Å². The van der Waals surface area contributed by atoms with Gasteiger partial charge in [-0.2, -0.15) is 9.06 Å². The van der Waals surface area contributed by atoms with Gasteiger partial charge in [-0.25, -0.2) is 4.98 Å². The van der Waals surface area contributed by atoms with E-state index < -0.39 is 0 Å². The van der Waals surface area contributed by atoms with Crippen LogP contribution in [0.3, 0.4) is 0 Å². The van der Waals surface area contributed by atoms with Crippen LogP contribution in [0.5, 0.6) is 0 Å². The van der Waals surface area contributed by atoms with E-state index in [1.807, 2.05) is 13.8 Å². The first-order valence-corrected chi connectivity index (χ1v) is 4.66. The molecule has 7 heteroatoms. The van der Waals surface area contributed by atoms with Crippen molar-refractivity contribution in [1.29, 1.82) is 0 Å². The molecule has 2 aromatic heterocycles. The molecular weight excluding hydrogens is 188 g/mol. The van der Waals surface area contributed by atoms with Crippen LogP contribution in [0.25, 0.3) is 5.13 Å². The average molecular weight is 196 g/mol. The second-order valence-electron chi connectivity index (χ2n) is 2.48. The third-order valence-corrected chi connectivity index (χ3v) is 2.31. The van der Waals surface area contributed by atoms with Gasteiger partial charge in [-0.15, -0.1) is 5.10 Å². The first-order chi connectivity index (χ1) is 6.31. The molecule has 0 amide bonds. The molecule has 0 radical (unpaired) electrons. The summed E-state index contributed by atoms with van der Waals surface area (Å²) in [6, 6.07) is 0. The van der Waals surface area contributed by atoms with Gasteiger partial charge in [0, 0.05) is 18.0 Å². The van der Waals surface area contributed by atoms with Gasteiger partial charge in [0.2, 0.25) is 5.13 Å². The summed E-state index contributed by atoms with van der Waals surface area (Å²) in [6.45, 7) is 3.84. The molecule has 6 nitrogen and oxygen atoms in total. The number of hydrogen-bond acceptors (Lipinski definition) is 6. The molecule has 0 aliphatic carbocycles. The summed E-state index contributed by atoms with van der Waals surface area (Å²) in [5, 5.41) is 11.8. The Morgan fingerprint density at radius 3 is 2.85 bits per heavy atom. The molecule has 2 rings (SSSR count). The van der Waals surface area contributed by atoms with Crippen LogP contribution in [-0.4, -0.2) is 29.6 Å². The molecule has 0 fully saturated rings. The minimum Gasteiger partial charge on any atom is -0.202 e. The van der Waals surface area contributed by atoms with Gasteiger partial charge in [-0.1, -0.05) is 6.92 Å². The minimum atomic E-state index is 0.721. The fraction of sp³-hybridized carbons (Fsp3) is 0.500. The van der Waals surface area contributed by atoms with Crippen LogP contribution < -0.4 is 0 Å². The summed E-state index contributed by atoms with van der Waals surface area (Å²) in [6.07, 6.45) is 0.831. The highest BCUT2D eigenvalue weighted by molar-refractivity contribution is 7.08. The fourth-order valence-electron chi connectivity index (χ4n) is 0.883. The van der Waals surface area contributed by atoms with Crippen molar-refractivity contribution in [3.63, 3.8) is 0 Å². The van der Waals surface area contributed by atoms with Gasteiger partial charge in [0.1, 0.15) is 5.82 Å². The number of nitrogens with zero attached hydrogens (tertiary/aromatic N) is 6. The Labute approximate surface area is 78.8 Å². The summed E-state index contributed by atoms with van der Waals surface area (Å²) in [5.74, 6) is 1.55. The van der Waals surface area contributed by atoms with Crippen molar-refractivity contribution in [2.75, 3.05) is 0 Å². The summed E-state index contributed by atoms with van der Waals surface area (Å²) < 4.78 is 5.73. The number of tetrazole rings is 1. The summed E-state index contributed by atoms with van der Waals surface area (Å²) in [4.78, 5) is 4.26. The van der Waals surface area contributed by atoms with E-state index in [4.69, 9.17) is 0 Å². The normalized spacial score (nSPS) is 10.6. The highest BCUT2D eigenvalue weighted by atomic mass is 32.1. The maximum absolute atomic E-state index is 4.26. The summed E-state index contributed by atoms with van der Waals surface area (Å²) in [5.41, 5.74) is 0. The lowest BCUT2D eigenvalue weighted by atomic mass is 10.5. The van der Waals surface area contributed by atoms with E-state index in [-0.39, 0.29) is 0 Å². The van der Waals surface area contributed by atoms with Gasteiger partial charge in [0.25, 0.3) is 0 Å². The van der Waals surface area contributed by atoms with Crippen molar-refractivity contribution in [2.24, 2.45) is 0 Å². The van der Waals surface area contributed by atoms with Crippen LogP contribution in [0.15, 0.2) is 0 Å². The van der Waals surface area contributed by atoms with Crippen LogP contribution in [0.4, 0.5) is 0 Å². The molecule has 2 heterocycles. The van der Waals surface area contributed by atoms with Gasteiger partial charge in [0.15, 0.2) is 5.82 Å². The summed E-state index contributed by atoms with van der Waals surface area (Å²) in [7, 11) is 0. The Balaban J connectivity index is 2.41. The van der Waals surface area contributed by atoms with E-state index in [2.05, 4.69) is 24.9 Å². The van der Waals surface area contributed by atoms with E-state index in [1.165, 1.54) is 11.5 Å². The quantitative estimate of drug-likeness (QED) is 0.694. The van der Waals surface area contributed by atoms with Crippen molar-refractivity contribution in [2.45, 2.75) is 20.3 Å². The van der Waals surface area contributed by atoms with Crippen molar-refractivity contribution >= 4 is 11.5 Å². The van der Waals surface area contributed by atoms with Crippen molar-refractivity contribution < 1.29 is 0 Å². The predicted molar refractivity (Wildman–Crippen MR) is 46.7 cm³/mol. The van der Waals surface area contributed by atoms with Crippen LogP contribution in [0.2, 0.25) is 0 Å². The molecule has 0 aromatic carbocycles. The zero-order valence-corrected chi connectivity index (χ0v) is 8.12. The van der Waals surface area contributed by atoms with Crippen LogP contribution in [0.1, 0.15) is 18.6 Å². The van der Waals surface area contributed by atoms with Gasteiger partial charge in [-0.3, -0.25) is 0 Å². The molecule has 0 atom stereocenters. The molecule has 13 heavy (non-hydrogen) atoms. The van der Waals surface area contributed by atoms with Gasteiger partial charge in [0.05, 0.1) is 0 Å². The molecule has 0 N–H and O–H groups in total. The number of rotatable bonds is 2. The molecule has 0 saturated heterocycles. The molecule has 0 saturated carbocycles. The molecule has 0 aliphatic rings. The smallest absolute Gasteiger partial charge is 0.202 e. The predicted octanol–water partition coefficient (Wildman–Crippen LogP) is 0.385. The van der Waals surface area contributed by atoms with Gasteiger partial charge < -0.3 is 0 Å². The SMILES string of the molecule is CCc1nsc(-n2nnnc2C)n1. The van der Waals surface area contributed by atoms with E-state index in [0.29, 0.717) is 0 Å². The number of aryl methyl sites for hydroxylation is 2. The molecule has 2 aromatic rings. The monoisotopic (exact) mass is 196 g/mol. The number of aromatic nitrogens is 6. The summed E-state index contributed by atoms with van der Waals surface area (Å²) >= 11 is 1.31. The van der Waals surface area contributed by atoms with Crippen molar-refractivity contribution in [1.82, 2.24) is 29.6 Å².